The van der Waals surface area contributed by atoms with E-state index >= 15 is 0 Å². The van der Waals surface area contributed by atoms with Gasteiger partial charge in [-0.2, -0.15) is 0 Å². The number of carbonyl (C=O) groups is 1. The molecule has 0 radical (unpaired) electrons. The molecule has 1 fully saturated rings. The molecule has 0 aliphatic heterocycles. The molecule has 3 nitrogen and oxygen atoms in total. The maximum absolute atomic E-state index is 11.6. The van der Waals surface area contributed by atoms with E-state index < -0.39 is 0 Å². The predicted octanol–water partition coefficient (Wildman–Crippen LogP) is 2.71. The summed E-state index contributed by atoms with van der Waals surface area (Å²) in [6, 6.07) is 1.58. The Hall–Kier alpha value is -0.960. The Balaban J connectivity index is 1.86. The SMILES string of the molecule is CC1(C)CC1CNC(=O)c1ccoc1Cl. The topological polar surface area (TPSA) is 42.2 Å². The Bertz CT molecular complexity index is 384. The monoisotopic (exact) mass is 227 g/mol. The summed E-state index contributed by atoms with van der Waals surface area (Å²) in [5.74, 6) is 0.434. The lowest BCUT2D eigenvalue weighted by molar-refractivity contribution is 0.0950. The van der Waals surface area contributed by atoms with Crippen LogP contribution in [0.5, 0.6) is 0 Å². The van der Waals surface area contributed by atoms with E-state index in [1.807, 2.05) is 0 Å². The van der Waals surface area contributed by atoms with Crippen LogP contribution in [-0.2, 0) is 0 Å². The van der Waals surface area contributed by atoms with Gasteiger partial charge >= 0.3 is 0 Å². The zero-order valence-corrected chi connectivity index (χ0v) is 9.60. The molecule has 1 aromatic rings. The molecule has 1 aliphatic rings. The quantitative estimate of drug-likeness (QED) is 0.863. The molecule has 0 bridgehead atoms. The first-order valence-electron chi connectivity index (χ1n) is 5.02. The number of carbonyl (C=O) groups excluding carboxylic acids is 1. The molecule has 1 saturated carbocycles. The summed E-state index contributed by atoms with van der Waals surface area (Å²) < 4.78 is 4.85. The molecule has 2 rings (SSSR count). The number of hydrogen-bond donors (Lipinski definition) is 1. The number of rotatable bonds is 3. The molecule has 1 N–H and O–H groups in total. The molecule has 1 amide bonds. The lowest BCUT2D eigenvalue weighted by Gasteiger charge is -2.05. The maximum Gasteiger partial charge on any atom is 0.256 e. The Kier molecular flexibility index (Phi) is 2.51. The minimum atomic E-state index is -0.156. The molecule has 0 saturated heterocycles. The molecule has 15 heavy (non-hydrogen) atoms. The van der Waals surface area contributed by atoms with Gasteiger partial charge in [0, 0.05) is 6.54 Å². The van der Waals surface area contributed by atoms with Crippen LogP contribution in [0.4, 0.5) is 0 Å². The predicted molar refractivity (Wildman–Crippen MR) is 57.9 cm³/mol. The third kappa shape index (κ3) is 2.17. The summed E-state index contributed by atoms with van der Waals surface area (Å²) in [6.45, 7) is 5.12. The largest absolute Gasteiger partial charge is 0.452 e. The van der Waals surface area contributed by atoms with Crippen molar-refractivity contribution in [2.75, 3.05) is 6.54 Å². The number of hydrogen-bond acceptors (Lipinski definition) is 2. The summed E-state index contributed by atoms with van der Waals surface area (Å²) >= 11 is 5.69. The van der Waals surface area contributed by atoms with E-state index in [0.717, 1.165) is 0 Å². The van der Waals surface area contributed by atoms with Gasteiger partial charge in [0.05, 0.1) is 11.8 Å². The highest BCUT2D eigenvalue weighted by Crippen LogP contribution is 2.50. The molecule has 0 spiro atoms. The zero-order chi connectivity index (χ0) is 11.1. The summed E-state index contributed by atoms with van der Waals surface area (Å²) in [4.78, 5) is 11.6. The molecule has 1 atom stereocenters. The van der Waals surface area contributed by atoms with Gasteiger partial charge in [0.1, 0.15) is 0 Å². The van der Waals surface area contributed by atoms with Crippen molar-refractivity contribution in [1.29, 1.82) is 0 Å². The van der Waals surface area contributed by atoms with Crippen LogP contribution in [0.15, 0.2) is 16.7 Å². The van der Waals surface area contributed by atoms with E-state index in [-0.39, 0.29) is 11.1 Å². The van der Waals surface area contributed by atoms with Gasteiger partial charge in [0.25, 0.3) is 5.91 Å². The van der Waals surface area contributed by atoms with E-state index in [1.54, 1.807) is 6.07 Å². The number of nitrogens with one attached hydrogen (secondary N) is 1. The Morgan fingerprint density at radius 2 is 2.40 bits per heavy atom. The van der Waals surface area contributed by atoms with Gasteiger partial charge in [-0.05, 0) is 35.4 Å². The standard InChI is InChI=1S/C11H14ClNO2/c1-11(2)5-7(11)6-13-10(14)8-3-4-15-9(8)12/h3-4,7H,5-6H2,1-2H3,(H,13,14). The average Bonchev–Trinajstić information content (AvgIpc) is 2.58. The van der Waals surface area contributed by atoms with Gasteiger partial charge < -0.3 is 9.73 Å². The zero-order valence-electron chi connectivity index (χ0n) is 8.84. The number of amides is 1. The van der Waals surface area contributed by atoms with Crippen LogP contribution >= 0.6 is 11.6 Å². The van der Waals surface area contributed by atoms with Crippen LogP contribution < -0.4 is 5.32 Å². The highest BCUT2D eigenvalue weighted by molar-refractivity contribution is 6.32. The lowest BCUT2D eigenvalue weighted by atomic mass is 10.1. The third-order valence-electron chi connectivity index (χ3n) is 3.09. The van der Waals surface area contributed by atoms with Crippen molar-refractivity contribution in [1.82, 2.24) is 5.32 Å². The molecule has 0 aromatic carbocycles. The van der Waals surface area contributed by atoms with Crippen molar-refractivity contribution >= 4 is 17.5 Å². The number of halogens is 1. The van der Waals surface area contributed by atoms with Gasteiger partial charge in [-0.1, -0.05) is 13.8 Å². The van der Waals surface area contributed by atoms with Crippen molar-refractivity contribution < 1.29 is 9.21 Å². The summed E-state index contributed by atoms with van der Waals surface area (Å²) in [5.41, 5.74) is 0.795. The Labute approximate surface area is 93.8 Å². The van der Waals surface area contributed by atoms with Crippen molar-refractivity contribution in [3.63, 3.8) is 0 Å². The van der Waals surface area contributed by atoms with Gasteiger partial charge in [-0.25, -0.2) is 0 Å². The normalized spacial score (nSPS) is 22.5. The first kappa shape index (κ1) is 10.6. The minimum absolute atomic E-state index is 0.155. The van der Waals surface area contributed by atoms with Crippen molar-refractivity contribution in [3.05, 3.63) is 23.1 Å². The van der Waals surface area contributed by atoms with E-state index in [4.69, 9.17) is 16.0 Å². The summed E-state index contributed by atoms with van der Waals surface area (Å²) in [5, 5.41) is 3.02. The van der Waals surface area contributed by atoms with Crippen LogP contribution in [-0.4, -0.2) is 12.5 Å². The van der Waals surface area contributed by atoms with Crippen molar-refractivity contribution in [2.45, 2.75) is 20.3 Å². The second-order valence-corrected chi connectivity index (χ2v) is 5.05. The Morgan fingerprint density at radius 1 is 1.73 bits per heavy atom. The van der Waals surface area contributed by atoms with E-state index in [1.165, 1.54) is 12.7 Å². The second kappa shape index (κ2) is 3.56. The van der Waals surface area contributed by atoms with Crippen LogP contribution in [0.3, 0.4) is 0 Å². The molecule has 1 aliphatic carbocycles. The molecule has 1 unspecified atom stereocenters. The molecular weight excluding hydrogens is 214 g/mol. The highest BCUT2D eigenvalue weighted by Gasteiger charge is 2.45. The fraction of sp³-hybridized carbons (Fsp3) is 0.545. The lowest BCUT2D eigenvalue weighted by Crippen LogP contribution is -2.26. The summed E-state index contributed by atoms with van der Waals surface area (Å²) in [7, 11) is 0. The van der Waals surface area contributed by atoms with Crippen LogP contribution in [0, 0.1) is 11.3 Å². The first-order chi connectivity index (χ1) is 7.00. The minimum Gasteiger partial charge on any atom is -0.452 e. The van der Waals surface area contributed by atoms with E-state index in [2.05, 4.69) is 19.2 Å². The number of furan rings is 1. The van der Waals surface area contributed by atoms with Gasteiger partial charge in [0.2, 0.25) is 5.22 Å². The van der Waals surface area contributed by atoms with Crippen LogP contribution in [0.25, 0.3) is 0 Å². The molecule has 1 aromatic heterocycles. The first-order valence-corrected chi connectivity index (χ1v) is 5.40. The van der Waals surface area contributed by atoms with Gasteiger partial charge in [-0.3, -0.25) is 4.79 Å². The van der Waals surface area contributed by atoms with Gasteiger partial charge in [0.15, 0.2) is 0 Å². The smallest absolute Gasteiger partial charge is 0.256 e. The third-order valence-corrected chi connectivity index (χ3v) is 3.38. The average molecular weight is 228 g/mol. The molecule has 82 valence electrons. The van der Waals surface area contributed by atoms with Crippen molar-refractivity contribution in [3.8, 4) is 0 Å². The maximum atomic E-state index is 11.6. The summed E-state index contributed by atoms with van der Waals surface area (Å²) in [6.07, 6.45) is 2.59. The molecular formula is C11H14ClNO2. The van der Waals surface area contributed by atoms with Gasteiger partial charge in [-0.15, -0.1) is 0 Å². The Morgan fingerprint density at radius 3 is 2.87 bits per heavy atom. The fourth-order valence-corrected chi connectivity index (χ4v) is 1.89. The molecule has 4 heteroatoms. The second-order valence-electron chi connectivity index (χ2n) is 4.71. The van der Waals surface area contributed by atoms with Crippen LogP contribution in [0.2, 0.25) is 5.22 Å². The molecule has 1 heterocycles. The highest BCUT2D eigenvalue weighted by atomic mass is 35.5. The van der Waals surface area contributed by atoms with Crippen LogP contribution in [0.1, 0.15) is 30.6 Å². The van der Waals surface area contributed by atoms with E-state index in [0.29, 0.717) is 23.4 Å². The van der Waals surface area contributed by atoms with Crippen molar-refractivity contribution in [2.24, 2.45) is 11.3 Å². The van der Waals surface area contributed by atoms with E-state index in [9.17, 15) is 4.79 Å². The fourth-order valence-electron chi connectivity index (χ4n) is 1.69.